The van der Waals surface area contributed by atoms with Crippen molar-refractivity contribution >= 4 is 46.0 Å². The Morgan fingerprint density at radius 1 is 1.47 bits per heavy atom. The SMILES string of the molecule is CN1C(=O)/C(=C\c2cc([N+](=O)[O-])ccc2[O-])SC1=S. The number of benzene rings is 1. The number of hydrogen-bond acceptors (Lipinski definition) is 6. The molecule has 2 rings (SSSR count). The van der Waals surface area contributed by atoms with Crippen molar-refractivity contribution in [3.63, 3.8) is 0 Å². The van der Waals surface area contributed by atoms with Crippen molar-refractivity contribution in [1.29, 1.82) is 0 Å². The van der Waals surface area contributed by atoms with E-state index in [4.69, 9.17) is 12.2 Å². The van der Waals surface area contributed by atoms with Crippen LogP contribution in [0.2, 0.25) is 0 Å². The van der Waals surface area contributed by atoms with Crippen LogP contribution in [0.5, 0.6) is 5.75 Å². The second-order valence-electron chi connectivity index (χ2n) is 3.72. The molecule has 0 aromatic heterocycles. The fraction of sp³-hybridized carbons (Fsp3) is 0.0909. The van der Waals surface area contributed by atoms with E-state index in [0.29, 0.717) is 4.32 Å². The fourth-order valence-corrected chi connectivity index (χ4v) is 2.62. The van der Waals surface area contributed by atoms with Gasteiger partial charge < -0.3 is 5.11 Å². The second-order valence-corrected chi connectivity index (χ2v) is 5.40. The van der Waals surface area contributed by atoms with Gasteiger partial charge in [-0.3, -0.25) is 19.8 Å². The molecular formula is C11H7N2O4S2-. The van der Waals surface area contributed by atoms with Gasteiger partial charge in [0.05, 0.1) is 9.83 Å². The van der Waals surface area contributed by atoms with Crippen molar-refractivity contribution in [3.8, 4) is 5.75 Å². The Morgan fingerprint density at radius 2 is 2.16 bits per heavy atom. The minimum atomic E-state index is -0.595. The number of nitro benzene ring substituents is 1. The first-order valence-corrected chi connectivity index (χ1v) is 6.29. The number of thioether (sulfide) groups is 1. The van der Waals surface area contributed by atoms with Gasteiger partial charge in [-0.1, -0.05) is 30.0 Å². The number of nitro groups is 1. The van der Waals surface area contributed by atoms with E-state index in [9.17, 15) is 20.0 Å². The molecule has 0 bridgehead atoms. The van der Waals surface area contributed by atoms with E-state index in [-0.39, 0.29) is 27.8 Å². The van der Waals surface area contributed by atoms with Gasteiger partial charge in [-0.2, -0.15) is 0 Å². The van der Waals surface area contributed by atoms with Crippen molar-refractivity contribution in [3.05, 3.63) is 38.8 Å². The zero-order chi connectivity index (χ0) is 14.2. The molecule has 0 N–H and O–H groups in total. The maximum atomic E-state index is 11.8. The molecule has 1 aliphatic heterocycles. The number of non-ortho nitro benzene ring substituents is 1. The van der Waals surface area contributed by atoms with Crippen LogP contribution >= 0.6 is 24.0 Å². The summed E-state index contributed by atoms with van der Waals surface area (Å²) in [6.45, 7) is 0. The lowest BCUT2D eigenvalue weighted by Crippen LogP contribution is -2.22. The number of nitrogens with zero attached hydrogens (tertiary/aromatic N) is 2. The van der Waals surface area contributed by atoms with Gasteiger partial charge in [-0.05, 0) is 11.6 Å². The zero-order valence-electron chi connectivity index (χ0n) is 9.65. The normalized spacial score (nSPS) is 17.3. The fourth-order valence-electron chi connectivity index (χ4n) is 1.45. The van der Waals surface area contributed by atoms with Crippen LogP contribution in [0.15, 0.2) is 23.1 Å². The molecule has 0 spiro atoms. The molecule has 6 nitrogen and oxygen atoms in total. The second kappa shape index (κ2) is 4.98. The molecule has 19 heavy (non-hydrogen) atoms. The highest BCUT2D eigenvalue weighted by Gasteiger charge is 2.28. The summed E-state index contributed by atoms with van der Waals surface area (Å²) in [5.74, 6) is -0.701. The molecule has 0 saturated carbocycles. The molecular weight excluding hydrogens is 288 g/mol. The molecule has 1 aliphatic rings. The first kappa shape index (κ1) is 13.5. The molecule has 0 radical (unpaired) electrons. The van der Waals surface area contributed by atoms with E-state index in [0.717, 1.165) is 30.0 Å². The van der Waals surface area contributed by atoms with E-state index in [1.54, 1.807) is 0 Å². The van der Waals surface area contributed by atoms with Crippen LogP contribution in [0.1, 0.15) is 5.56 Å². The Kier molecular flexibility index (Phi) is 3.54. The van der Waals surface area contributed by atoms with Gasteiger partial charge >= 0.3 is 0 Å². The molecule has 8 heteroatoms. The van der Waals surface area contributed by atoms with E-state index in [1.807, 2.05) is 0 Å². The first-order valence-electron chi connectivity index (χ1n) is 5.07. The van der Waals surface area contributed by atoms with Gasteiger partial charge in [-0.15, -0.1) is 5.75 Å². The molecule has 1 fully saturated rings. The van der Waals surface area contributed by atoms with Crippen LogP contribution < -0.4 is 5.11 Å². The molecule has 1 aromatic rings. The quantitative estimate of drug-likeness (QED) is 0.356. The number of carbonyl (C=O) groups excluding carboxylic acids is 1. The summed E-state index contributed by atoms with van der Waals surface area (Å²) in [6.07, 6.45) is 1.33. The van der Waals surface area contributed by atoms with Crippen LogP contribution in [0.4, 0.5) is 5.69 Å². The van der Waals surface area contributed by atoms with E-state index in [1.165, 1.54) is 18.0 Å². The van der Waals surface area contributed by atoms with E-state index in [2.05, 4.69) is 0 Å². The van der Waals surface area contributed by atoms with Crippen molar-refractivity contribution in [2.45, 2.75) is 0 Å². The summed E-state index contributed by atoms with van der Waals surface area (Å²) in [4.78, 5) is 23.4. The van der Waals surface area contributed by atoms with Gasteiger partial charge in [0.15, 0.2) is 0 Å². The molecule has 98 valence electrons. The van der Waals surface area contributed by atoms with Crippen molar-refractivity contribution in [2.24, 2.45) is 0 Å². The van der Waals surface area contributed by atoms with Crippen molar-refractivity contribution in [2.75, 3.05) is 7.05 Å². The summed E-state index contributed by atoms with van der Waals surface area (Å²) in [5.41, 5.74) is -0.0963. The highest BCUT2D eigenvalue weighted by atomic mass is 32.2. The maximum Gasteiger partial charge on any atom is 0.269 e. The third-order valence-corrected chi connectivity index (χ3v) is 3.96. The Labute approximate surface area is 117 Å². The van der Waals surface area contributed by atoms with Crippen LogP contribution in [-0.2, 0) is 4.79 Å². The van der Waals surface area contributed by atoms with Gasteiger partial charge in [0.2, 0.25) is 0 Å². The summed E-state index contributed by atoms with van der Waals surface area (Å²) in [7, 11) is 1.53. The first-order chi connectivity index (χ1) is 8.90. The highest BCUT2D eigenvalue weighted by Crippen LogP contribution is 2.33. The Bertz CT molecular complexity index is 627. The average molecular weight is 295 g/mol. The summed E-state index contributed by atoms with van der Waals surface area (Å²) >= 11 is 6.01. The molecule has 1 saturated heterocycles. The smallest absolute Gasteiger partial charge is 0.269 e. The number of hydrogen-bond donors (Lipinski definition) is 0. The molecule has 0 unspecified atom stereocenters. The van der Waals surface area contributed by atoms with Crippen LogP contribution in [-0.4, -0.2) is 27.1 Å². The highest BCUT2D eigenvalue weighted by molar-refractivity contribution is 8.26. The summed E-state index contributed by atoms with van der Waals surface area (Å²) in [5, 5.41) is 22.3. The summed E-state index contributed by atoms with van der Waals surface area (Å²) < 4.78 is 0.383. The molecule has 1 heterocycles. The molecule has 0 atom stereocenters. The summed E-state index contributed by atoms with van der Waals surface area (Å²) in [6, 6.07) is 3.38. The van der Waals surface area contributed by atoms with E-state index < -0.39 is 4.92 Å². The molecule has 1 aromatic carbocycles. The van der Waals surface area contributed by atoms with Gasteiger partial charge in [0, 0.05) is 19.2 Å². The van der Waals surface area contributed by atoms with Crippen molar-refractivity contribution in [1.82, 2.24) is 4.90 Å². The number of rotatable bonds is 2. The monoisotopic (exact) mass is 295 g/mol. The number of likely N-dealkylation sites (N-methyl/N-ethyl adjacent to an activating group) is 1. The Hall–Kier alpha value is -1.93. The topological polar surface area (TPSA) is 86.5 Å². The largest absolute Gasteiger partial charge is 0.872 e. The number of amides is 1. The zero-order valence-corrected chi connectivity index (χ0v) is 11.3. The van der Waals surface area contributed by atoms with Crippen molar-refractivity contribution < 1.29 is 14.8 Å². The Balaban J connectivity index is 2.43. The Morgan fingerprint density at radius 3 is 2.68 bits per heavy atom. The third kappa shape index (κ3) is 2.59. The number of carbonyl (C=O) groups is 1. The lowest BCUT2D eigenvalue weighted by Gasteiger charge is -2.09. The minimum Gasteiger partial charge on any atom is -0.872 e. The molecule has 1 amide bonds. The van der Waals surface area contributed by atoms with Crippen LogP contribution in [0.3, 0.4) is 0 Å². The standard InChI is InChI=1S/C11H8N2O4S2/c1-12-10(15)9(19-11(12)18)5-6-4-7(13(16)17)2-3-8(6)14/h2-5,14H,1H3/p-1/b9-5+. The van der Waals surface area contributed by atoms with Crippen LogP contribution in [0.25, 0.3) is 6.08 Å². The predicted octanol–water partition coefficient (Wildman–Crippen LogP) is 1.50. The van der Waals surface area contributed by atoms with Gasteiger partial charge in [0.25, 0.3) is 11.6 Å². The lowest BCUT2D eigenvalue weighted by atomic mass is 10.1. The minimum absolute atomic E-state index is 0.100. The predicted molar refractivity (Wildman–Crippen MR) is 73.5 cm³/mol. The van der Waals surface area contributed by atoms with Gasteiger partial charge in [-0.25, -0.2) is 0 Å². The van der Waals surface area contributed by atoms with Crippen LogP contribution in [0, 0.1) is 10.1 Å². The lowest BCUT2D eigenvalue weighted by molar-refractivity contribution is -0.385. The molecule has 0 aliphatic carbocycles. The van der Waals surface area contributed by atoms with Gasteiger partial charge in [0.1, 0.15) is 4.32 Å². The number of thiocarbonyl (C=S) groups is 1. The average Bonchev–Trinajstić information content (AvgIpc) is 2.59. The van der Waals surface area contributed by atoms with E-state index >= 15 is 0 Å². The maximum absolute atomic E-state index is 11.8. The third-order valence-electron chi connectivity index (χ3n) is 2.48.